The first-order chi connectivity index (χ1) is 10.5. The van der Waals surface area contributed by atoms with E-state index in [1.807, 2.05) is 38.4 Å². The fourth-order valence-corrected chi connectivity index (χ4v) is 3.36. The second-order valence-electron chi connectivity index (χ2n) is 6.71. The van der Waals surface area contributed by atoms with Crippen molar-refractivity contribution in [3.63, 3.8) is 0 Å². The Bertz CT molecular complexity index is 477. The lowest BCUT2D eigenvalue weighted by Crippen LogP contribution is -2.58. The van der Waals surface area contributed by atoms with Crippen molar-refractivity contribution < 1.29 is 14.6 Å². The van der Waals surface area contributed by atoms with E-state index in [1.165, 1.54) is 0 Å². The van der Waals surface area contributed by atoms with Crippen LogP contribution in [0.15, 0.2) is 24.3 Å². The Morgan fingerprint density at radius 3 is 2.45 bits per heavy atom. The molecule has 2 saturated heterocycles. The summed E-state index contributed by atoms with van der Waals surface area (Å²) < 4.78 is 11.3. The zero-order valence-corrected chi connectivity index (χ0v) is 13.4. The van der Waals surface area contributed by atoms with Crippen molar-refractivity contribution in [2.24, 2.45) is 0 Å². The van der Waals surface area contributed by atoms with Gasteiger partial charge in [-0.1, -0.05) is 12.1 Å². The van der Waals surface area contributed by atoms with Crippen molar-refractivity contribution in [3.05, 3.63) is 29.8 Å². The average Bonchev–Trinajstić information content (AvgIpc) is 2.47. The van der Waals surface area contributed by atoms with Crippen molar-refractivity contribution in [3.8, 4) is 5.75 Å². The number of aliphatic hydroxyl groups is 1. The van der Waals surface area contributed by atoms with Crippen LogP contribution >= 0.6 is 0 Å². The Labute approximate surface area is 132 Å². The first-order valence-electron chi connectivity index (χ1n) is 7.99. The normalized spacial score (nSPS) is 31.3. The van der Waals surface area contributed by atoms with Gasteiger partial charge in [-0.25, -0.2) is 0 Å². The molecule has 122 valence electrons. The molecule has 5 heteroatoms. The molecule has 2 fully saturated rings. The highest BCUT2D eigenvalue weighted by Crippen LogP contribution is 2.37. The first-order valence-corrected chi connectivity index (χ1v) is 7.99. The van der Waals surface area contributed by atoms with Gasteiger partial charge in [0, 0.05) is 18.6 Å². The predicted molar refractivity (Wildman–Crippen MR) is 85.2 cm³/mol. The molecule has 2 aliphatic heterocycles. The molecule has 0 saturated carbocycles. The lowest BCUT2D eigenvalue weighted by molar-refractivity contribution is -0.0802. The highest BCUT2D eigenvalue weighted by Gasteiger charge is 2.42. The number of morpholine rings is 1. The number of likely N-dealkylation sites (N-methyl/N-ethyl adjacent to an activating group) is 1. The van der Waals surface area contributed by atoms with Crippen molar-refractivity contribution in [1.82, 2.24) is 10.2 Å². The van der Waals surface area contributed by atoms with Gasteiger partial charge in [-0.05, 0) is 44.6 Å². The van der Waals surface area contributed by atoms with Crippen LogP contribution in [0, 0.1) is 0 Å². The Morgan fingerprint density at radius 1 is 1.23 bits per heavy atom. The number of rotatable bonds is 5. The lowest BCUT2D eigenvalue weighted by Gasteiger charge is -2.45. The van der Waals surface area contributed by atoms with Crippen LogP contribution in [0.5, 0.6) is 5.75 Å². The number of nitrogens with zero attached hydrogens (tertiary/aromatic N) is 1. The van der Waals surface area contributed by atoms with E-state index in [0.717, 1.165) is 17.9 Å². The summed E-state index contributed by atoms with van der Waals surface area (Å²) in [7, 11) is 4.05. The molecule has 0 amide bonds. The molecular weight excluding hydrogens is 280 g/mol. The topological polar surface area (TPSA) is 54.0 Å². The van der Waals surface area contributed by atoms with Crippen molar-refractivity contribution in [1.29, 1.82) is 0 Å². The van der Waals surface area contributed by atoms with Gasteiger partial charge < -0.3 is 24.8 Å². The van der Waals surface area contributed by atoms with Gasteiger partial charge in [0.2, 0.25) is 0 Å². The average molecular weight is 306 g/mol. The van der Waals surface area contributed by atoms with E-state index in [9.17, 15) is 5.11 Å². The van der Waals surface area contributed by atoms with Crippen LogP contribution in [0.1, 0.15) is 18.4 Å². The first kappa shape index (κ1) is 15.7. The molecule has 5 nitrogen and oxygen atoms in total. The standard InChI is InChI=1S/C17H26N2O3/c1-19(2)7-8-22-16-5-3-13(4-6-16)17(20)9-14-11-21-12-15(10-17)18-14/h3-6,14-15,18,20H,7-12H2,1-2H3. The van der Waals surface area contributed by atoms with Gasteiger partial charge in [-0.2, -0.15) is 0 Å². The van der Waals surface area contributed by atoms with Crippen LogP contribution < -0.4 is 10.1 Å². The van der Waals surface area contributed by atoms with Crippen LogP contribution in [-0.4, -0.2) is 62.6 Å². The van der Waals surface area contributed by atoms with E-state index in [4.69, 9.17) is 9.47 Å². The Hall–Kier alpha value is -1.14. The second-order valence-corrected chi connectivity index (χ2v) is 6.71. The van der Waals surface area contributed by atoms with E-state index in [0.29, 0.717) is 32.7 Å². The largest absolute Gasteiger partial charge is 0.492 e. The Morgan fingerprint density at radius 2 is 1.86 bits per heavy atom. The molecule has 2 bridgehead atoms. The molecule has 2 aliphatic rings. The summed E-state index contributed by atoms with van der Waals surface area (Å²) in [5, 5.41) is 14.6. The zero-order chi connectivity index (χ0) is 15.6. The summed E-state index contributed by atoms with van der Waals surface area (Å²) in [6.45, 7) is 2.93. The van der Waals surface area contributed by atoms with Gasteiger partial charge in [0.05, 0.1) is 18.8 Å². The minimum Gasteiger partial charge on any atom is -0.492 e. The van der Waals surface area contributed by atoms with Gasteiger partial charge in [0.1, 0.15) is 12.4 Å². The molecule has 2 atom stereocenters. The second kappa shape index (κ2) is 6.54. The SMILES string of the molecule is CN(C)CCOc1ccc(C2(O)CC3COCC(C2)N3)cc1. The molecule has 2 N–H and O–H groups in total. The van der Waals surface area contributed by atoms with E-state index < -0.39 is 5.60 Å². The maximum atomic E-state index is 11.0. The number of nitrogens with one attached hydrogen (secondary N) is 1. The molecule has 2 heterocycles. The number of hydrogen-bond acceptors (Lipinski definition) is 5. The van der Waals surface area contributed by atoms with Gasteiger partial charge in [0.25, 0.3) is 0 Å². The molecule has 0 aromatic heterocycles. The monoisotopic (exact) mass is 306 g/mol. The van der Waals surface area contributed by atoms with Crippen LogP contribution in [0.25, 0.3) is 0 Å². The summed E-state index contributed by atoms with van der Waals surface area (Å²) >= 11 is 0. The van der Waals surface area contributed by atoms with E-state index in [1.54, 1.807) is 0 Å². The third kappa shape index (κ3) is 3.60. The number of ether oxygens (including phenoxy) is 2. The molecule has 1 aromatic carbocycles. The predicted octanol–water partition coefficient (Wildman–Crippen LogP) is 0.965. The Balaban J connectivity index is 1.64. The smallest absolute Gasteiger partial charge is 0.119 e. The third-order valence-corrected chi connectivity index (χ3v) is 4.48. The number of fused-ring (bicyclic) bond motifs is 2. The maximum Gasteiger partial charge on any atom is 0.119 e. The summed E-state index contributed by atoms with van der Waals surface area (Å²) in [5.41, 5.74) is 0.220. The minimum atomic E-state index is -0.757. The van der Waals surface area contributed by atoms with E-state index in [2.05, 4.69) is 10.2 Å². The van der Waals surface area contributed by atoms with Gasteiger partial charge in [0.15, 0.2) is 0 Å². The fourth-order valence-electron chi connectivity index (χ4n) is 3.36. The number of piperidine rings is 1. The highest BCUT2D eigenvalue weighted by molar-refractivity contribution is 5.32. The highest BCUT2D eigenvalue weighted by atomic mass is 16.5. The van der Waals surface area contributed by atoms with Crippen LogP contribution in [0.3, 0.4) is 0 Å². The molecule has 0 aliphatic carbocycles. The van der Waals surface area contributed by atoms with E-state index in [-0.39, 0.29) is 12.1 Å². The van der Waals surface area contributed by atoms with Crippen LogP contribution in [0.2, 0.25) is 0 Å². The molecular formula is C17H26N2O3. The van der Waals surface area contributed by atoms with Crippen molar-refractivity contribution >= 4 is 0 Å². The fraction of sp³-hybridized carbons (Fsp3) is 0.647. The third-order valence-electron chi connectivity index (χ3n) is 4.48. The molecule has 0 spiro atoms. The van der Waals surface area contributed by atoms with Crippen LogP contribution in [0.4, 0.5) is 0 Å². The molecule has 0 radical (unpaired) electrons. The number of hydrogen-bond donors (Lipinski definition) is 2. The molecule has 2 unspecified atom stereocenters. The van der Waals surface area contributed by atoms with E-state index >= 15 is 0 Å². The summed E-state index contributed by atoms with van der Waals surface area (Å²) in [6.07, 6.45) is 1.40. The summed E-state index contributed by atoms with van der Waals surface area (Å²) in [4.78, 5) is 2.09. The number of benzene rings is 1. The van der Waals surface area contributed by atoms with Crippen molar-refractivity contribution in [2.75, 3.05) is 40.5 Å². The maximum absolute atomic E-state index is 11.0. The molecule has 1 aromatic rings. The quantitative estimate of drug-likeness (QED) is 0.849. The summed E-state index contributed by atoms with van der Waals surface area (Å²) in [5.74, 6) is 0.853. The van der Waals surface area contributed by atoms with Gasteiger partial charge in [-0.15, -0.1) is 0 Å². The summed E-state index contributed by atoms with van der Waals surface area (Å²) in [6, 6.07) is 8.39. The molecule has 3 rings (SSSR count). The minimum absolute atomic E-state index is 0.244. The lowest BCUT2D eigenvalue weighted by atomic mass is 9.78. The van der Waals surface area contributed by atoms with Gasteiger partial charge >= 0.3 is 0 Å². The zero-order valence-electron chi connectivity index (χ0n) is 13.4. The van der Waals surface area contributed by atoms with Crippen molar-refractivity contribution in [2.45, 2.75) is 30.5 Å². The Kier molecular flexibility index (Phi) is 4.68. The molecule has 22 heavy (non-hydrogen) atoms. The van der Waals surface area contributed by atoms with Gasteiger partial charge in [-0.3, -0.25) is 0 Å². The van der Waals surface area contributed by atoms with Crippen LogP contribution in [-0.2, 0) is 10.3 Å².